The Hall–Kier alpha value is -2.21. The van der Waals surface area contributed by atoms with Crippen LogP contribution < -0.4 is 10.2 Å². The molecule has 6 heteroatoms. The normalized spacial score (nSPS) is 30.8. The Morgan fingerprint density at radius 1 is 1.20 bits per heavy atom. The predicted molar refractivity (Wildman–Crippen MR) is 91.1 cm³/mol. The Morgan fingerprint density at radius 3 is 2.56 bits per heavy atom. The molecule has 1 saturated carbocycles. The average molecular weight is 342 g/mol. The molecule has 3 aliphatic rings. The summed E-state index contributed by atoms with van der Waals surface area (Å²) in [6.07, 6.45) is 1.87. The van der Waals surface area contributed by atoms with Crippen molar-refractivity contribution in [2.24, 2.45) is 0 Å². The van der Waals surface area contributed by atoms with E-state index in [2.05, 4.69) is 11.4 Å². The van der Waals surface area contributed by atoms with E-state index in [0.717, 1.165) is 29.7 Å². The predicted octanol–water partition coefficient (Wildman–Crippen LogP) is 1.35. The van der Waals surface area contributed by atoms with Crippen molar-refractivity contribution in [3.63, 3.8) is 0 Å². The van der Waals surface area contributed by atoms with Crippen molar-refractivity contribution in [2.75, 3.05) is 4.90 Å². The fourth-order valence-corrected chi connectivity index (χ4v) is 4.14. The van der Waals surface area contributed by atoms with Gasteiger partial charge >= 0.3 is 0 Å². The van der Waals surface area contributed by atoms with E-state index in [1.54, 1.807) is 4.90 Å². The van der Waals surface area contributed by atoms with Crippen LogP contribution in [-0.2, 0) is 19.8 Å². The highest BCUT2D eigenvalue weighted by molar-refractivity contribution is 6.13. The fraction of sp³-hybridized carbons (Fsp3) is 0.526. The molecule has 1 aliphatic carbocycles. The molecule has 2 aliphatic heterocycles. The van der Waals surface area contributed by atoms with E-state index in [9.17, 15) is 19.5 Å². The molecular weight excluding hydrogens is 320 g/mol. The van der Waals surface area contributed by atoms with Crippen LogP contribution in [0.25, 0.3) is 0 Å². The van der Waals surface area contributed by atoms with Crippen molar-refractivity contribution in [2.45, 2.75) is 63.0 Å². The Kier molecular flexibility index (Phi) is 3.51. The van der Waals surface area contributed by atoms with Crippen molar-refractivity contribution in [3.8, 4) is 0 Å². The van der Waals surface area contributed by atoms with Crippen molar-refractivity contribution in [1.29, 1.82) is 0 Å². The molecule has 4 rings (SSSR count). The van der Waals surface area contributed by atoms with E-state index in [-0.39, 0.29) is 24.3 Å². The van der Waals surface area contributed by atoms with Gasteiger partial charge in [0.2, 0.25) is 17.7 Å². The number of hydrogen-bond donors (Lipinski definition) is 2. The van der Waals surface area contributed by atoms with Gasteiger partial charge in [-0.15, -0.1) is 0 Å². The number of rotatable bonds is 2. The maximum absolute atomic E-state index is 13.0. The topological polar surface area (TPSA) is 86.7 Å². The highest BCUT2D eigenvalue weighted by Gasteiger charge is 2.49. The van der Waals surface area contributed by atoms with Crippen LogP contribution >= 0.6 is 0 Å². The molecule has 0 radical (unpaired) electrons. The number of imide groups is 1. The highest BCUT2D eigenvalue weighted by atomic mass is 16.3. The number of fused-ring (bicyclic) bond motifs is 1. The van der Waals surface area contributed by atoms with Crippen LogP contribution in [-0.4, -0.2) is 35.0 Å². The van der Waals surface area contributed by atoms with Gasteiger partial charge < -0.3 is 5.11 Å². The van der Waals surface area contributed by atoms with Gasteiger partial charge in [0.25, 0.3) is 0 Å². The first-order valence-corrected chi connectivity index (χ1v) is 8.79. The van der Waals surface area contributed by atoms with Gasteiger partial charge in [0.05, 0.1) is 11.5 Å². The Labute approximate surface area is 146 Å². The minimum absolute atomic E-state index is 0.109. The monoisotopic (exact) mass is 342 g/mol. The van der Waals surface area contributed by atoms with Crippen molar-refractivity contribution in [1.82, 2.24) is 5.32 Å². The number of anilines is 1. The van der Waals surface area contributed by atoms with Gasteiger partial charge in [-0.1, -0.05) is 12.1 Å². The molecule has 1 saturated heterocycles. The Morgan fingerprint density at radius 2 is 1.92 bits per heavy atom. The number of nitrogens with zero attached hydrogens (tertiary/aromatic N) is 1. The third-order valence-corrected chi connectivity index (χ3v) is 5.81. The van der Waals surface area contributed by atoms with E-state index in [0.29, 0.717) is 12.3 Å². The molecule has 6 nitrogen and oxygen atoms in total. The van der Waals surface area contributed by atoms with Crippen molar-refractivity contribution >= 4 is 23.4 Å². The molecule has 1 aromatic rings. The Balaban J connectivity index is 1.71. The van der Waals surface area contributed by atoms with Crippen molar-refractivity contribution in [3.05, 3.63) is 29.3 Å². The summed E-state index contributed by atoms with van der Waals surface area (Å²) in [4.78, 5) is 38.3. The lowest BCUT2D eigenvalue weighted by atomic mass is 9.75. The SMILES string of the molecule is CC1(C)C(=O)N(C2CCC(=O)NC2=O)c2ccc(C3CC(O)C3)cc21. The lowest BCUT2D eigenvalue weighted by Crippen LogP contribution is -2.55. The van der Waals surface area contributed by atoms with Crippen LogP contribution in [0.15, 0.2) is 18.2 Å². The summed E-state index contributed by atoms with van der Waals surface area (Å²) in [6, 6.07) is 5.31. The number of benzene rings is 1. The molecule has 3 amide bonds. The van der Waals surface area contributed by atoms with Gasteiger partial charge in [-0.05, 0) is 56.2 Å². The van der Waals surface area contributed by atoms with Gasteiger partial charge in [-0.2, -0.15) is 0 Å². The van der Waals surface area contributed by atoms with E-state index in [1.165, 1.54) is 0 Å². The van der Waals surface area contributed by atoms with Crippen LogP contribution in [0.4, 0.5) is 5.69 Å². The molecule has 0 bridgehead atoms. The number of aliphatic hydroxyl groups is 1. The molecule has 1 unspecified atom stereocenters. The van der Waals surface area contributed by atoms with Crippen LogP contribution in [0.1, 0.15) is 56.6 Å². The molecule has 1 aromatic carbocycles. The molecule has 0 spiro atoms. The molecule has 132 valence electrons. The first-order valence-electron chi connectivity index (χ1n) is 8.79. The first-order chi connectivity index (χ1) is 11.8. The summed E-state index contributed by atoms with van der Waals surface area (Å²) in [5.74, 6) is -0.468. The second-order valence-electron chi connectivity index (χ2n) is 7.87. The quantitative estimate of drug-likeness (QED) is 0.795. The molecule has 1 atom stereocenters. The number of aliphatic hydroxyl groups excluding tert-OH is 1. The maximum Gasteiger partial charge on any atom is 0.249 e. The van der Waals surface area contributed by atoms with Crippen LogP contribution in [0.5, 0.6) is 0 Å². The van der Waals surface area contributed by atoms with Crippen LogP contribution in [0, 0.1) is 0 Å². The van der Waals surface area contributed by atoms with Gasteiger partial charge in [0.15, 0.2) is 0 Å². The molecule has 2 N–H and O–H groups in total. The first kappa shape index (κ1) is 16.3. The molecule has 2 heterocycles. The second-order valence-corrected chi connectivity index (χ2v) is 7.87. The lowest BCUT2D eigenvalue weighted by Gasteiger charge is -2.32. The van der Waals surface area contributed by atoms with E-state index in [4.69, 9.17) is 0 Å². The zero-order valence-electron chi connectivity index (χ0n) is 14.4. The van der Waals surface area contributed by atoms with Gasteiger partial charge in [-0.3, -0.25) is 24.6 Å². The summed E-state index contributed by atoms with van der Waals surface area (Å²) in [7, 11) is 0. The fourth-order valence-electron chi connectivity index (χ4n) is 4.14. The Bertz CT molecular complexity index is 780. The smallest absolute Gasteiger partial charge is 0.249 e. The van der Waals surface area contributed by atoms with E-state index in [1.807, 2.05) is 26.0 Å². The maximum atomic E-state index is 13.0. The van der Waals surface area contributed by atoms with Gasteiger partial charge in [0.1, 0.15) is 6.04 Å². The summed E-state index contributed by atoms with van der Waals surface area (Å²) < 4.78 is 0. The minimum atomic E-state index is -0.713. The largest absolute Gasteiger partial charge is 0.393 e. The number of amides is 3. The number of hydrogen-bond acceptors (Lipinski definition) is 4. The highest BCUT2D eigenvalue weighted by Crippen LogP contribution is 2.46. The third-order valence-electron chi connectivity index (χ3n) is 5.81. The lowest BCUT2D eigenvalue weighted by molar-refractivity contribution is -0.136. The summed E-state index contributed by atoms with van der Waals surface area (Å²) in [6.45, 7) is 3.75. The number of carbonyl (C=O) groups is 3. The standard InChI is InChI=1S/C19H22N2O4/c1-19(2)13-9-10(11-7-12(22)8-11)3-4-14(13)21(18(19)25)15-5-6-16(23)20-17(15)24/h3-4,9,11-12,15,22H,5-8H2,1-2H3,(H,20,23,24). The second kappa shape index (κ2) is 5.39. The van der Waals surface area contributed by atoms with Crippen LogP contribution in [0.3, 0.4) is 0 Å². The zero-order chi connectivity index (χ0) is 17.9. The molecule has 0 aromatic heterocycles. The number of piperidine rings is 1. The molecule has 25 heavy (non-hydrogen) atoms. The zero-order valence-corrected chi connectivity index (χ0v) is 14.4. The minimum Gasteiger partial charge on any atom is -0.393 e. The van der Waals surface area contributed by atoms with E-state index < -0.39 is 17.4 Å². The average Bonchev–Trinajstić information content (AvgIpc) is 2.72. The van der Waals surface area contributed by atoms with Gasteiger partial charge in [-0.25, -0.2) is 0 Å². The molecule has 2 fully saturated rings. The summed E-state index contributed by atoms with van der Waals surface area (Å²) in [5.41, 5.74) is 2.10. The summed E-state index contributed by atoms with van der Waals surface area (Å²) >= 11 is 0. The van der Waals surface area contributed by atoms with Crippen molar-refractivity contribution < 1.29 is 19.5 Å². The van der Waals surface area contributed by atoms with E-state index >= 15 is 0 Å². The number of carbonyl (C=O) groups excluding carboxylic acids is 3. The third kappa shape index (κ3) is 2.39. The molecular formula is C19H22N2O4. The van der Waals surface area contributed by atoms with Gasteiger partial charge in [0, 0.05) is 12.1 Å². The van der Waals surface area contributed by atoms with Crippen LogP contribution in [0.2, 0.25) is 0 Å². The summed E-state index contributed by atoms with van der Waals surface area (Å²) in [5, 5.41) is 11.9. The number of nitrogens with one attached hydrogen (secondary N) is 1.